The van der Waals surface area contributed by atoms with Gasteiger partial charge in [-0.05, 0) is 38.5 Å². The van der Waals surface area contributed by atoms with E-state index in [1.165, 1.54) is 0 Å². The summed E-state index contributed by atoms with van der Waals surface area (Å²) in [5.41, 5.74) is -1.50. The molecule has 0 atom stereocenters. The van der Waals surface area contributed by atoms with Gasteiger partial charge >= 0.3 is 25.8 Å². The minimum Gasteiger partial charge on any atom is -0.550 e. The molecule has 3 aliphatic rings. The summed E-state index contributed by atoms with van der Waals surface area (Å²) in [5, 5.41) is 31.2. The normalized spacial score (nSPS) is 23.2. The topological polar surface area (TPSA) is 120 Å². The summed E-state index contributed by atoms with van der Waals surface area (Å²) in [6.07, 6.45) is 11.1. The van der Waals surface area contributed by atoms with E-state index in [0.717, 1.165) is 77.0 Å². The van der Waals surface area contributed by atoms with Crippen LogP contribution in [0.2, 0.25) is 0 Å². The molecule has 0 heterocycles. The molecule has 28 heavy (non-hydrogen) atoms. The third-order valence-corrected chi connectivity index (χ3v) is 6.60. The smallest absolute Gasteiger partial charge is 0.550 e. The molecular weight excluding hydrogens is 463 g/mol. The van der Waals surface area contributed by atoms with E-state index in [1.54, 1.807) is 20.8 Å². The summed E-state index contributed by atoms with van der Waals surface area (Å²) in [6, 6.07) is 0. The van der Waals surface area contributed by atoms with E-state index >= 15 is 0 Å². The monoisotopic (exact) mass is 496 g/mol. The minimum absolute atomic E-state index is 0. The fraction of sp³-hybridized carbons (Fsp3) is 0.857. The maximum atomic E-state index is 10.4. The molecule has 0 aromatic rings. The molecule has 0 bridgehead atoms. The standard InChI is InChI=1S/3C7H12O2.In/c3*1-7(6(8)9)4-2-3-5-7;/h3*2-5H2,1H3,(H,8,9);/q;;;+3/p-3. The van der Waals surface area contributed by atoms with Crippen molar-refractivity contribution in [2.45, 2.75) is 97.8 Å². The van der Waals surface area contributed by atoms with Gasteiger partial charge < -0.3 is 29.7 Å². The van der Waals surface area contributed by atoms with Crippen molar-refractivity contribution in [3.05, 3.63) is 0 Å². The minimum atomic E-state index is -0.875. The van der Waals surface area contributed by atoms with E-state index in [4.69, 9.17) is 0 Å². The maximum absolute atomic E-state index is 10.4. The van der Waals surface area contributed by atoms with Crippen molar-refractivity contribution in [2.24, 2.45) is 16.2 Å². The molecular formula is C21H33InO6. The van der Waals surface area contributed by atoms with Gasteiger partial charge in [-0.15, -0.1) is 0 Å². The molecule has 0 spiro atoms. The quantitative estimate of drug-likeness (QED) is 0.564. The predicted octanol–water partition coefficient (Wildman–Crippen LogP) is 0.569. The van der Waals surface area contributed by atoms with E-state index in [0.29, 0.717) is 0 Å². The first-order valence-corrected chi connectivity index (χ1v) is 10.1. The third-order valence-electron chi connectivity index (χ3n) is 6.60. The van der Waals surface area contributed by atoms with Crippen LogP contribution in [-0.4, -0.2) is 43.8 Å². The molecule has 156 valence electrons. The molecule has 6 nitrogen and oxygen atoms in total. The Morgan fingerprint density at radius 2 is 0.643 bits per heavy atom. The van der Waals surface area contributed by atoms with E-state index in [9.17, 15) is 29.7 Å². The first-order valence-electron chi connectivity index (χ1n) is 10.1. The molecule has 0 amide bonds. The number of rotatable bonds is 3. The first-order chi connectivity index (χ1) is 12.5. The Balaban J connectivity index is 0.000000384. The first kappa shape index (κ1) is 27.3. The van der Waals surface area contributed by atoms with Crippen LogP contribution >= 0.6 is 0 Å². The SMILES string of the molecule is CC1(C(=O)[O-])CCCC1.CC1(C(=O)[O-])CCCC1.CC1(C(=O)[O-])CCCC1.[In+3]. The number of hydrogen-bond donors (Lipinski definition) is 0. The maximum Gasteiger partial charge on any atom is 3.00 e. The van der Waals surface area contributed by atoms with Gasteiger partial charge in [0.1, 0.15) is 0 Å². The fourth-order valence-corrected chi connectivity index (χ4v) is 4.08. The molecule has 3 saturated carbocycles. The molecule has 0 aromatic heterocycles. The van der Waals surface area contributed by atoms with Crippen LogP contribution in [0.4, 0.5) is 0 Å². The van der Waals surface area contributed by atoms with Crippen molar-refractivity contribution in [1.29, 1.82) is 0 Å². The number of aliphatic carboxylic acids is 3. The van der Waals surface area contributed by atoms with Crippen molar-refractivity contribution in [2.75, 3.05) is 0 Å². The van der Waals surface area contributed by atoms with Gasteiger partial charge in [-0.25, -0.2) is 0 Å². The second-order valence-corrected chi connectivity index (χ2v) is 9.17. The average Bonchev–Trinajstić information content (AvgIpc) is 3.32. The van der Waals surface area contributed by atoms with Gasteiger partial charge in [0.15, 0.2) is 0 Å². The molecule has 0 saturated heterocycles. The van der Waals surface area contributed by atoms with Crippen LogP contribution in [0, 0.1) is 16.2 Å². The Morgan fingerprint density at radius 3 is 0.714 bits per heavy atom. The van der Waals surface area contributed by atoms with Crippen LogP contribution in [0.25, 0.3) is 0 Å². The van der Waals surface area contributed by atoms with Crippen LogP contribution in [0.5, 0.6) is 0 Å². The van der Waals surface area contributed by atoms with E-state index in [1.807, 2.05) is 0 Å². The zero-order valence-corrected chi connectivity index (χ0v) is 20.8. The van der Waals surface area contributed by atoms with Crippen molar-refractivity contribution in [3.8, 4) is 0 Å². The van der Waals surface area contributed by atoms with Crippen LogP contribution in [-0.2, 0) is 14.4 Å². The zero-order valence-electron chi connectivity index (χ0n) is 17.5. The Morgan fingerprint density at radius 1 is 0.500 bits per heavy atom. The predicted molar refractivity (Wildman–Crippen MR) is 101 cm³/mol. The van der Waals surface area contributed by atoms with Crippen LogP contribution in [0.15, 0.2) is 0 Å². The number of carboxylic acid groups (broad SMARTS) is 3. The molecule has 0 radical (unpaired) electrons. The van der Waals surface area contributed by atoms with Crippen molar-refractivity contribution < 1.29 is 29.7 Å². The molecule has 0 unspecified atom stereocenters. The second kappa shape index (κ2) is 11.5. The summed E-state index contributed by atoms with van der Waals surface area (Å²) in [7, 11) is 0. The second-order valence-electron chi connectivity index (χ2n) is 9.17. The van der Waals surface area contributed by atoms with Gasteiger partial charge in [0.25, 0.3) is 0 Å². The Labute approximate surface area is 187 Å². The number of carbonyl (C=O) groups is 3. The van der Waals surface area contributed by atoms with E-state index < -0.39 is 34.2 Å². The van der Waals surface area contributed by atoms with Crippen LogP contribution in [0.3, 0.4) is 0 Å². The van der Waals surface area contributed by atoms with Gasteiger partial charge in [0.2, 0.25) is 0 Å². The molecule has 0 aliphatic heterocycles. The molecule has 3 aliphatic carbocycles. The fourth-order valence-electron chi connectivity index (χ4n) is 4.08. The third kappa shape index (κ3) is 7.60. The van der Waals surface area contributed by atoms with E-state index in [2.05, 4.69) is 0 Å². The van der Waals surface area contributed by atoms with E-state index in [-0.39, 0.29) is 25.8 Å². The Bertz CT molecular complexity index is 451. The summed E-state index contributed by atoms with van der Waals surface area (Å²) >= 11 is 0. The van der Waals surface area contributed by atoms with Crippen molar-refractivity contribution in [3.63, 3.8) is 0 Å². The van der Waals surface area contributed by atoms with Gasteiger partial charge in [0.05, 0.1) is 0 Å². The molecule has 3 fully saturated rings. The number of carbonyl (C=O) groups excluding carboxylic acids is 3. The largest absolute Gasteiger partial charge is 3.00 e. The molecule has 7 heteroatoms. The summed E-state index contributed by atoms with van der Waals surface area (Å²) in [6.45, 7) is 5.32. The summed E-state index contributed by atoms with van der Waals surface area (Å²) in [4.78, 5) is 31.2. The number of hydrogen-bond acceptors (Lipinski definition) is 6. The summed E-state index contributed by atoms with van der Waals surface area (Å²) in [5.74, 6) is -2.63. The average molecular weight is 496 g/mol. The Hall–Kier alpha value is -0.720. The van der Waals surface area contributed by atoms with Gasteiger partial charge in [-0.1, -0.05) is 59.3 Å². The zero-order chi connectivity index (χ0) is 20.7. The molecule has 0 aromatic carbocycles. The van der Waals surface area contributed by atoms with Crippen LogP contribution < -0.4 is 15.3 Å². The number of carboxylic acids is 3. The Kier molecular flexibility index (Phi) is 11.2. The summed E-state index contributed by atoms with van der Waals surface area (Å²) < 4.78 is 0. The van der Waals surface area contributed by atoms with Crippen molar-refractivity contribution in [1.82, 2.24) is 0 Å². The van der Waals surface area contributed by atoms with Gasteiger partial charge in [0, 0.05) is 34.2 Å². The van der Waals surface area contributed by atoms with Crippen LogP contribution in [0.1, 0.15) is 97.8 Å². The van der Waals surface area contributed by atoms with Gasteiger partial charge in [-0.2, -0.15) is 0 Å². The van der Waals surface area contributed by atoms with Crippen molar-refractivity contribution >= 4 is 43.8 Å². The molecule has 3 rings (SSSR count). The molecule has 0 N–H and O–H groups in total. The van der Waals surface area contributed by atoms with Gasteiger partial charge in [-0.3, -0.25) is 0 Å².